The number of esters is 1. The lowest BCUT2D eigenvalue weighted by Crippen LogP contribution is -2.46. The number of nitrogens with one attached hydrogen (secondary N) is 1. The van der Waals surface area contributed by atoms with Gasteiger partial charge in [-0.3, -0.25) is 19.3 Å². The molecular formula is C21H19ClN2O5. The van der Waals surface area contributed by atoms with Gasteiger partial charge in [0.05, 0.1) is 11.1 Å². The third-order valence-corrected chi connectivity index (χ3v) is 5.00. The summed E-state index contributed by atoms with van der Waals surface area (Å²) in [5, 5.41) is 3.15. The average Bonchev–Trinajstić information content (AvgIpc) is 2.97. The van der Waals surface area contributed by atoms with Gasteiger partial charge in [0.25, 0.3) is 17.7 Å². The number of imide groups is 1. The molecule has 2 aromatic rings. The Labute approximate surface area is 172 Å². The van der Waals surface area contributed by atoms with Crippen molar-refractivity contribution >= 4 is 35.3 Å². The number of hydrogen-bond donors (Lipinski definition) is 1. The lowest BCUT2D eigenvalue weighted by atomic mass is 10.1. The second-order valence-corrected chi connectivity index (χ2v) is 7.00. The first kappa shape index (κ1) is 20.5. The highest BCUT2D eigenvalue weighted by Gasteiger charge is 2.41. The van der Waals surface area contributed by atoms with E-state index in [1.807, 2.05) is 0 Å². The van der Waals surface area contributed by atoms with Gasteiger partial charge in [-0.2, -0.15) is 0 Å². The molecule has 3 amide bonds. The van der Waals surface area contributed by atoms with Crippen LogP contribution in [0, 0.1) is 0 Å². The van der Waals surface area contributed by atoms with Gasteiger partial charge < -0.3 is 10.1 Å². The summed E-state index contributed by atoms with van der Waals surface area (Å²) < 4.78 is 5.17. The summed E-state index contributed by atoms with van der Waals surface area (Å²) in [6.45, 7) is 2.97. The highest BCUT2D eigenvalue weighted by atomic mass is 35.5. The summed E-state index contributed by atoms with van der Waals surface area (Å²) in [6.07, 6.45) is -1.11. The monoisotopic (exact) mass is 414 g/mol. The maximum absolute atomic E-state index is 12.5. The summed E-state index contributed by atoms with van der Waals surface area (Å²) in [4.78, 5) is 50.5. The minimum absolute atomic E-state index is 0.175. The van der Waals surface area contributed by atoms with Crippen LogP contribution in [0.15, 0.2) is 48.5 Å². The number of hydrogen-bond acceptors (Lipinski definition) is 5. The number of ether oxygens (including phenoxy) is 1. The van der Waals surface area contributed by atoms with E-state index < -0.39 is 35.8 Å². The molecule has 1 N–H and O–H groups in total. The molecule has 3 rings (SSSR count). The van der Waals surface area contributed by atoms with Crippen molar-refractivity contribution in [1.82, 2.24) is 10.2 Å². The molecule has 2 aromatic carbocycles. The molecule has 2 unspecified atom stereocenters. The van der Waals surface area contributed by atoms with Gasteiger partial charge in [-0.15, -0.1) is 0 Å². The Balaban J connectivity index is 1.59. The normalized spacial score (nSPS) is 14.9. The van der Waals surface area contributed by atoms with Gasteiger partial charge in [0.2, 0.25) is 0 Å². The molecule has 0 spiro atoms. The molecule has 1 aliphatic heterocycles. The summed E-state index contributed by atoms with van der Waals surface area (Å²) in [7, 11) is 0. The van der Waals surface area contributed by atoms with E-state index in [4.69, 9.17) is 16.3 Å². The number of carbonyl (C=O) groups is 4. The Morgan fingerprint density at radius 3 is 2.14 bits per heavy atom. The molecule has 150 valence electrons. The molecule has 0 fully saturated rings. The maximum atomic E-state index is 12.5. The number of carbonyl (C=O) groups excluding carboxylic acids is 4. The summed E-state index contributed by atoms with van der Waals surface area (Å²) in [5.74, 6) is -2.50. The number of halogens is 1. The van der Waals surface area contributed by atoms with E-state index in [0.29, 0.717) is 5.02 Å². The average molecular weight is 415 g/mol. The second kappa shape index (κ2) is 8.45. The van der Waals surface area contributed by atoms with Gasteiger partial charge in [-0.1, -0.05) is 41.9 Å². The smallest absolute Gasteiger partial charge is 0.329 e. The van der Waals surface area contributed by atoms with Crippen molar-refractivity contribution in [3.63, 3.8) is 0 Å². The Hall–Kier alpha value is -3.19. The zero-order valence-electron chi connectivity index (χ0n) is 15.8. The predicted molar refractivity (Wildman–Crippen MR) is 105 cm³/mol. The standard InChI is InChI=1S/C21H19ClN2O5/c1-12(24-19(26)15-8-4-5-9-16(15)20(24)27)21(28)29-13(2)18(25)23-11-14-7-3-6-10-17(14)22/h3-10,12-13H,11H2,1-2H3,(H,23,25). The third-order valence-electron chi connectivity index (χ3n) is 4.63. The second-order valence-electron chi connectivity index (χ2n) is 6.59. The molecular weight excluding hydrogens is 396 g/mol. The highest BCUT2D eigenvalue weighted by Crippen LogP contribution is 2.25. The van der Waals surface area contributed by atoms with E-state index in [-0.39, 0.29) is 17.7 Å². The lowest BCUT2D eigenvalue weighted by Gasteiger charge is -2.22. The van der Waals surface area contributed by atoms with Crippen LogP contribution in [0.4, 0.5) is 0 Å². The van der Waals surface area contributed by atoms with Gasteiger partial charge in [-0.25, -0.2) is 4.79 Å². The molecule has 2 atom stereocenters. The van der Waals surface area contributed by atoms with Gasteiger partial charge in [0.1, 0.15) is 6.04 Å². The largest absolute Gasteiger partial charge is 0.451 e. The Morgan fingerprint density at radius 1 is 1.00 bits per heavy atom. The Morgan fingerprint density at radius 2 is 1.55 bits per heavy atom. The van der Waals surface area contributed by atoms with E-state index in [1.165, 1.54) is 26.0 Å². The van der Waals surface area contributed by atoms with Gasteiger partial charge in [0.15, 0.2) is 6.10 Å². The van der Waals surface area contributed by atoms with Crippen molar-refractivity contribution in [3.05, 3.63) is 70.2 Å². The van der Waals surface area contributed by atoms with Crippen LogP contribution in [0.2, 0.25) is 5.02 Å². The minimum Gasteiger partial charge on any atom is -0.451 e. The van der Waals surface area contributed by atoms with E-state index in [1.54, 1.807) is 36.4 Å². The van der Waals surface area contributed by atoms with Crippen LogP contribution in [0.5, 0.6) is 0 Å². The topological polar surface area (TPSA) is 92.8 Å². The van der Waals surface area contributed by atoms with E-state index in [2.05, 4.69) is 5.32 Å². The van der Waals surface area contributed by atoms with Crippen LogP contribution >= 0.6 is 11.6 Å². The first-order chi connectivity index (χ1) is 13.8. The third kappa shape index (κ3) is 4.14. The fourth-order valence-corrected chi connectivity index (χ4v) is 3.16. The van der Waals surface area contributed by atoms with Crippen LogP contribution in [-0.2, 0) is 20.9 Å². The molecule has 1 heterocycles. The molecule has 0 aromatic heterocycles. The van der Waals surface area contributed by atoms with Crippen molar-refractivity contribution < 1.29 is 23.9 Å². The number of nitrogens with zero attached hydrogens (tertiary/aromatic N) is 1. The molecule has 1 aliphatic rings. The highest BCUT2D eigenvalue weighted by molar-refractivity contribution is 6.31. The number of rotatable bonds is 6. The Kier molecular flexibility index (Phi) is 5.98. The van der Waals surface area contributed by atoms with Crippen LogP contribution in [0.1, 0.15) is 40.1 Å². The molecule has 0 saturated heterocycles. The van der Waals surface area contributed by atoms with Gasteiger partial charge in [-0.05, 0) is 37.6 Å². The summed E-state index contributed by atoms with van der Waals surface area (Å²) in [6, 6.07) is 12.2. The lowest BCUT2D eigenvalue weighted by molar-refractivity contribution is -0.158. The fourth-order valence-electron chi connectivity index (χ4n) is 2.96. The first-order valence-corrected chi connectivity index (χ1v) is 9.37. The zero-order valence-corrected chi connectivity index (χ0v) is 16.6. The fraction of sp³-hybridized carbons (Fsp3) is 0.238. The SMILES string of the molecule is CC(OC(=O)C(C)N1C(=O)c2ccccc2C1=O)C(=O)NCc1ccccc1Cl. The summed E-state index contributed by atoms with van der Waals surface area (Å²) >= 11 is 6.05. The maximum Gasteiger partial charge on any atom is 0.329 e. The van der Waals surface area contributed by atoms with Crippen molar-refractivity contribution in [2.24, 2.45) is 0 Å². The van der Waals surface area contributed by atoms with Crippen LogP contribution in [-0.4, -0.2) is 40.7 Å². The van der Waals surface area contributed by atoms with Crippen molar-refractivity contribution in [2.75, 3.05) is 0 Å². The van der Waals surface area contributed by atoms with Crippen LogP contribution in [0.25, 0.3) is 0 Å². The first-order valence-electron chi connectivity index (χ1n) is 8.99. The molecule has 0 radical (unpaired) electrons. The number of amides is 3. The van der Waals surface area contributed by atoms with Crippen molar-refractivity contribution in [1.29, 1.82) is 0 Å². The zero-order chi connectivity index (χ0) is 21.1. The van der Waals surface area contributed by atoms with Gasteiger partial charge in [0, 0.05) is 11.6 Å². The van der Waals surface area contributed by atoms with Crippen molar-refractivity contribution in [2.45, 2.75) is 32.5 Å². The Bertz CT molecular complexity index is 956. The number of fused-ring (bicyclic) bond motifs is 1. The molecule has 29 heavy (non-hydrogen) atoms. The van der Waals surface area contributed by atoms with Crippen molar-refractivity contribution in [3.8, 4) is 0 Å². The van der Waals surface area contributed by atoms with E-state index in [9.17, 15) is 19.2 Å². The quantitative estimate of drug-likeness (QED) is 0.579. The van der Waals surface area contributed by atoms with Crippen LogP contribution in [0.3, 0.4) is 0 Å². The minimum atomic E-state index is -1.17. The van der Waals surface area contributed by atoms with Gasteiger partial charge >= 0.3 is 5.97 Å². The molecule has 0 bridgehead atoms. The molecule has 7 nitrogen and oxygen atoms in total. The molecule has 8 heteroatoms. The number of benzene rings is 2. The van der Waals surface area contributed by atoms with E-state index in [0.717, 1.165) is 10.5 Å². The molecule has 0 saturated carbocycles. The summed E-state index contributed by atoms with van der Waals surface area (Å²) in [5.41, 5.74) is 1.20. The molecule has 0 aliphatic carbocycles. The van der Waals surface area contributed by atoms with E-state index >= 15 is 0 Å². The van der Waals surface area contributed by atoms with Crippen LogP contribution < -0.4 is 5.32 Å². The predicted octanol–water partition coefficient (Wildman–Crippen LogP) is 2.57.